The van der Waals surface area contributed by atoms with Crippen LogP contribution in [0.15, 0.2) is 41.6 Å². The molecule has 1 fully saturated rings. The highest BCUT2D eigenvalue weighted by atomic mass is 35.5. The van der Waals surface area contributed by atoms with Gasteiger partial charge < -0.3 is 10.1 Å². The van der Waals surface area contributed by atoms with Gasteiger partial charge in [0.15, 0.2) is 5.65 Å². The molecule has 1 aliphatic heterocycles. The maximum absolute atomic E-state index is 13.0. The molecule has 0 aliphatic carbocycles. The number of halogens is 1. The number of hydrogen-bond acceptors (Lipinski definition) is 6. The number of amides is 1. The number of carbonyl (C=O) groups is 1. The summed E-state index contributed by atoms with van der Waals surface area (Å²) in [6.07, 6.45) is 3.27. The van der Waals surface area contributed by atoms with Crippen LogP contribution in [0, 0.1) is 6.92 Å². The van der Waals surface area contributed by atoms with Crippen molar-refractivity contribution in [1.29, 1.82) is 0 Å². The second-order valence-corrected chi connectivity index (χ2v) is 8.78. The molecule has 2 aromatic heterocycles. The molecule has 3 aromatic rings. The van der Waals surface area contributed by atoms with Gasteiger partial charge in [-0.2, -0.15) is 9.40 Å². The van der Waals surface area contributed by atoms with E-state index in [1.807, 2.05) is 0 Å². The summed E-state index contributed by atoms with van der Waals surface area (Å²) in [6, 6.07) is 6.07. The molecule has 3 heterocycles. The van der Waals surface area contributed by atoms with Crippen LogP contribution in [-0.4, -0.2) is 59.5 Å². The first-order chi connectivity index (χ1) is 13.9. The number of aromatic nitrogens is 3. The van der Waals surface area contributed by atoms with Crippen molar-refractivity contribution in [3.8, 4) is 0 Å². The van der Waals surface area contributed by atoms with Crippen molar-refractivity contribution in [1.82, 2.24) is 18.9 Å². The molecule has 1 N–H and O–H groups in total. The van der Waals surface area contributed by atoms with E-state index in [0.717, 1.165) is 0 Å². The van der Waals surface area contributed by atoms with Crippen LogP contribution in [0.4, 0.5) is 5.69 Å². The van der Waals surface area contributed by atoms with Gasteiger partial charge in [0.1, 0.15) is 10.5 Å². The number of morpholine rings is 1. The lowest BCUT2D eigenvalue weighted by molar-refractivity contribution is 0.0730. The van der Waals surface area contributed by atoms with Crippen LogP contribution in [0.1, 0.15) is 16.1 Å². The van der Waals surface area contributed by atoms with E-state index in [9.17, 15) is 13.2 Å². The first-order valence-corrected chi connectivity index (χ1v) is 10.7. The lowest BCUT2D eigenvalue weighted by Crippen LogP contribution is -2.40. The summed E-state index contributed by atoms with van der Waals surface area (Å²) in [6.45, 7) is 2.87. The Morgan fingerprint density at radius 2 is 2.03 bits per heavy atom. The zero-order valence-corrected chi connectivity index (χ0v) is 17.1. The number of carbonyl (C=O) groups excluding carboxylic acids is 1. The lowest BCUT2D eigenvalue weighted by Gasteiger charge is -2.26. The number of aryl methyl sites for hydroxylation is 1. The molecule has 29 heavy (non-hydrogen) atoms. The van der Waals surface area contributed by atoms with Gasteiger partial charge in [0.2, 0.25) is 10.0 Å². The Kier molecular flexibility index (Phi) is 5.26. The highest BCUT2D eigenvalue weighted by molar-refractivity contribution is 7.89. The lowest BCUT2D eigenvalue weighted by atomic mass is 10.2. The van der Waals surface area contributed by atoms with Gasteiger partial charge in [0, 0.05) is 31.2 Å². The van der Waals surface area contributed by atoms with Crippen molar-refractivity contribution in [3.05, 3.63) is 52.9 Å². The molecule has 1 aliphatic rings. The number of nitrogens with zero attached hydrogens (tertiary/aromatic N) is 4. The number of benzene rings is 1. The topological polar surface area (TPSA) is 106 Å². The maximum atomic E-state index is 13.0. The Morgan fingerprint density at radius 3 is 2.79 bits per heavy atom. The van der Waals surface area contributed by atoms with Crippen LogP contribution in [0.2, 0.25) is 5.02 Å². The predicted molar refractivity (Wildman–Crippen MR) is 107 cm³/mol. The molecule has 0 bridgehead atoms. The van der Waals surface area contributed by atoms with E-state index < -0.39 is 15.9 Å². The second-order valence-electron chi connectivity index (χ2n) is 6.46. The normalized spacial score (nSPS) is 15.5. The van der Waals surface area contributed by atoms with Crippen molar-refractivity contribution in [2.75, 3.05) is 31.6 Å². The minimum absolute atomic E-state index is 0.0615. The van der Waals surface area contributed by atoms with Crippen LogP contribution < -0.4 is 5.32 Å². The molecule has 152 valence electrons. The quantitative estimate of drug-likeness (QED) is 0.671. The van der Waals surface area contributed by atoms with Crippen LogP contribution in [0.25, 0.3) is 5.65 Å². The number of ether oxygens (including phenoxy) is 1. The van der Waals surface area contributed by atoms with Gasteiger partial charge in [0.25, 0.3) is 5.91 Å². The molecule has 0 radical (unpaired) electrons. The molecule has 1 saturated heterocycles. The Morgan fingerprint density at radius 1 is 1.28 bits per heavy atom. The molecule has 1 amide bonds. The number of nitrogens with one attached hydrogen (secondary N) is 1. The third-order valence-corrected chi connectivity index (χ3v) is 6.95. The fraction of sp³-hybridized carbons (Fsp3) is 0.278. The van der Waals surface area contributed by atoms with Crippen molar-refractivity contribution in [2.45, 2.75) is 11.8 Å². The largest absolute Gasteiger partial charge is 0.379 e. The van der Waals surface area contributed by atoms with Crippen LogP contribution in [-0.2, 0) is 14.8 Å². The zero-order chi connectivity index (χ0) is 20.6. The van der Waals surface area contributed by atoms with Crippen molar-refractivity contribution < 1.29 is 17.9 Å². The Bertz CT molecular complexity index is 1190. The molecule has 0 unspecified atom stereocenters. The summed E-state index contributed by atoms with van der Waals surface area (Å²) < 4.78 is 34.0. The standard InChI is InChI=1S/C18H18ClN5O4S/c1-12-16(17-20-5-2-6-24(17)22-12)18(25)21-13-3-4-14(19)15(11-13)29(26,27)23-7-9-28-10-8-23/h2-6,11H,7-10H2,1H3,(H,21,25). The first-order valence-electron chi connectivity index (χ1n) is 8.86. The van der Waals surface area contributed by atoms with Gasteiger partial charge >= 0.3 is 0 Å². The minimum Gasteiger partial charge on any atom is -0.379 e. The fourth-order valence-corrected chi connectivity index (χ4v) is 5.07. The Hall–Kier alpha value is -2.53. The molecular weight excluding hydrogens is 418 g/mol. The van der Waals surface area contributed by atoms with E-state index in [1.54, 1.807) is 31.5 Å². The van der Waals surface area contributed by atoms with Crippen molar-refractivity contribution >= 4 is 38.9 Å². The van der Waals surface area contributed by atoms with Crippen LogP contribution in [0.3, 0.4) is 0 Å². The van der Waals surface area contributed by atoms with E-state index >= 15 is 0 Å². The monoisotopic (exact) mass is 435 g/mol. The van der Waals surface area contributed by atoms with Gasteiger partial charge in [-0.05, 0) is 31.2 Å². The highest BCUT2D eigenvalue weighted by Crippen LogP contribution is 2.28. The van der Waals surface area contributed by atoms with E-state index in [-0.39, 0.29) is 23.0 Å². The number of hydrogen-bond donors (Lipinski definition) is 1. The van der Waals surface area contributed by atoms with Crippen LogP contribution in [0.5, 0.6) is 0 Å². The summed E-state index contributed by atoms with van der Waals surface area (Å²) >= 11 is 6.17. The zero-order valence-electron chi connectivity index (χ0n) is 15.5. The van der Waals surface area contributed by atoms with Crippen molar-refractivity contribution in [3.63, 3.8) is 0 Å². The van der Waals surface area contributed by atoms with Gasteiger partial charge in [-0.25, -0.2) is 17.9 Å². The molecule has 9 nitrogen and oxygen atoms in total. The number of fused-ring (bicyclic) bond motifs is 1. The molecule has 0 saturated carbocycles. The summed E-state index contributed by atoms with van der Waals surface area (Å²) in [5.41, 5.74) is 1.55. The minimum atomic E-state index is -3.81. The summed E-state index contributed by atoms with van der Waals surface area (Å²) in [4.78, 5) is 17.0. The van der Waals surface area contributed by atoms with E-state index in [0.29, 0.717) is 35.8 Å². The van der Waals surface area contributed by atoms with Crippen molar-refractivity contribution in [2.24, 2.45) is 0 Å². The smallest absolute Gasteiger partial charge is 0.261 e. The second kappa shape index (κ2) is 7.71. The maximum Gasteiger partial charge on any atom is 0.261 e. The average Bonchev–Trinajstić information content (AvgIpc) is 3.05. The van der Waals surface area contributed by atoms with Gasteiger partial charge in [0.05, 0.1) is 23.9 Å². The molecule has 4 rings (SSSR count). The Balaban J connectivity index is 1.65. The average molecular weight is 436 g/mol. The summed E-state index contributed by atoms with van der Waals surface area (Å²) in [5.74, 6) is -0.437. The molecule has 11 heteroatoms. The number of rotatable bonds is 4. The third-order valence-electron chi connectivity index (χ3n) is 4.57. The predicted octanol–water partition coefficient (Wildman–Crippen LogP) is 1.96. The molecule has 1 aromatic carbocycles. The number of anilines is 1. The fourth-order valence-electron chi connectivity index (χ4n) is 3.16. The summed E-state index contributed by atoms with van der Waals surface area (Å²) in [7, 11) is -3.81. The molecular formula is C18H18ClN5O4S. The third kappa shape index (κ3) is 3.71. The van der Waals surface area contributed by atoms with E-state index in [1.165, 1.54) is 21.0 Å². The SMILES string of the molecule is Cc1nn2cccnc2c1C(=O)Nc1ccc(Cl)c(S(=O)(=O)N2CCOCC2)c1. The summed E-state index contributed by atoms with van der Waals surface area (Å²) in [5, 5.41) is 7.07. The van der Waals surface area contributed by atoms with Crippen LogP contribution >= 0.6 is 11.6 Å². The van der Waals surface area contributed by atoms with E-state index in [4.69, 9.17) is 16.3 Å². The highest BCUT2D eigenvalue weighted by Gasteiger charge is 2.29. The first kappa shape index (κ1) is 19.8. The number of sulfonamides is 1. The molecule has 0 atom stereocenters. The molecule has 0 spiro atoms. The van der Waals surface area contributed by atoms with Gasteiger partial charge in [-0.1, -0.05) is 11.6 Å². The Labute approximate surface area is 172 Å². The van der Waals surface area contributed by atoms with Gasteiger partial charge in [-0.3, -0.25) is 4.79 Å². The van der Waals surface area contributed by atoms with E-state index in [2.05, 4.69) is 15.4 Å². The van der Waals surface area contributed by atoms with Gasteiger partial charge in [-0.15, -0.1) is 0 Å².